The predicted molar refractivity (Wildman–Crippen MR) is 204 cm³/mol. The number of carbonyl (C=O) groups excluding carboxylic acids is 1. The lowest BCUT2D eigenvalue weighted by molar-refractivity contribution is 0.171. The molecule has 7 rings (SSSR count). The van der Waals surface area contributed by atoms with Gasteiger partial charge in [-0.05, 0) is 88.5 Å². The van der Waals surface area contributed by atoms with E-state index < -0.39 is 0 Å². The first kappa shape index (κ1) is 35.3. The summed E-state index contributed by atoms with van der Waals surface area (Å²) in [6.07, 6.45) is 6.86. The van der Waals surface area contributed by atoms with E-state index in [1.807, 2.05) is 79.3 Å². The molecule has 12 nitrogen and oxygen atoms in total. The lowest BCUT2D eigenvalue weighted by atomic mass is 9.85. The van der Waals surface area contributed by atoms with Gasteiger partial charge in [-0.3, -0.25) is 9.72 Å². The van der Waals surface area contributed by atoms with E-state index in [0.717, 1.165) is 84.4 Å². The Morgan fingerprint density at radius 1 is 0.942 bits per heavy atom. The Labute approximate surface area is 306 Å². The molecule has 12 heteroatoms. The highest BCUT2D eigenvalue weighted by atomic mass is 16.5. The number of ether oxygens (including phenoxy) is 2. The van der Waals surface area contributed by atoms with Crippen molar-refractivity contribution in [1.29, 1.82) is 0 Å². The summed E-state index contributed by atoms with van der Waals surface area (Å²) in [5.74, 6) is 2.96. The van der Waals surface area contributed by atoms with Crippen molar-refractivity contribution in [1.82, 2.24) is 34.6 Å². The summed E-state index contributed by atoms with van der Waals surface area (Å²) in [7, 11) is 4.04. The van der Waals surface area contributed by atoms with Crippen LogP contribution in [0.2, 0.25) is 0 Å². The SMILES string of the molecule is C[C@H]1CCCCN1c1nnc2ccc(OC3CC[C@H](NC(=O)Nc4cc(C(C)(C)C)nn4-c4cccc(OCCN(C)C)c4)c4ccccc43)cn12. The first-order valence-corrected chi connectivity index (χ1v) is 18.5. The van der Waals surface area contributed by atoms with Crippen molar-refractivity contribution < 1.29 is 14.3 Å². The van der Waals surface area contributed by atoms with E-state index in [9.17, 15) is 4.79 Å². The predicted octanol–water partition coefficient (Wildman–Crippen LogP) is 7.31. The summed E-state index contributed by atoms with van der Waals surface area (Å²) >= 11 is 0. The summed E-state index contributed by atoms with van der Waals surface area (Å²) in [6.45, 7) is 10.9. The number of hydrogen-bond acceptors (Lipinski definition) is 8. The van der Waals surface area contributed by atoms with Gasteiger partial charge in [0.2, 0.25) is 5.95 Å². The van der Waals surface area contributed by atoms with Gasteiger partial charge in [0, 0.05) is 36.7 Å². The van der Waals surface area contributed by atoms with E-state index in [-0.39, 0.29) is 23.6 Å². The van der Waals surface area contributed by atoms with Crippen LogP contribution in [0.3, 0.4) is 0 Å². The molecule has 2 N–H and O–H groups in total. The number of benzene rings is 2. The van der Waals surface area contributed by atoms with Gasteiger partial charge in [0.15, 0.2) is 5.65 Å². The molecular formula is C40H51N9O3. The molecule has 4 heterocycles. The highest BCUT2D eigenvalue weighted by Crippen LogP contribution is 2.39. The van der Waals surface area contributed by atoms with Crippen molar-refractivity contribution in [3.63, 3.8) is 0 Å². The van der Waals surface area contributed by atoms with Crippen LogP contribution in [0.25, 0.3) is 11.3 Å². The third kappa shape index (κ3) is 7.72. The highest BCUT2D eigenvalue weighted by molar-refractivity contribution is 5.89. The van der Waals surface area contributed by atoms with Crippen molar-refractivity contribution in [2.75, 3.05) is 44.0 Å². The molecule has 0 bridgehead atoms. The first-order chi connectivity index (χ1) is 25.0. The van der Waals surface area contributed by atoms with Crippen LogP contribution in [0.5, 0.6) is 11.5 Å². The van der Waals surface area contributed by atoms with E-state index >= 15 is 0 Å². The maximum absolute atomic E-state index is 13.7. The van der Waals surface area contributed by atoms with Crippen LogP contribution in [0.4, 0.5) is 16.6 Å². The Balaban J connectivity index is 1.07. The number of nitrogens with one attached hydrogen (secondary N) is 2. The number of rotatable bonds is 10. The van der Waals surface area contributed by atoms with Crippen molar-refractivity contribution in [2.45, 2.75) is 83.4 Å². The molecule has 274 valence electrons. The van der Waals surface area contributed by atoms with E-state index in [0.29, 0.717) is 18.5 Å². The van der Waals surface area contributed by atoms with Gasteiger partial charge in [0.05, 0.1) is 23.6 Å². The number of nitrogens with zero attached hydrogens (tertiary/aromatic N) is 7. The second-order valence-corrected chi connectivity index (χ2v) is 15.3. The monoisotopic (exact) mass is 705 g/mol. The molecule has 0 saturated carbocycles. The summed E-state index contributed by atoms with van der Waals surface area (Å²) in [4.78, 5) is 18.1. The number of aromatic nitrogens is 5. The Morgan fingerprint density at radius 3 is 2.56 bits per heavy atom. The minimum Gasteiger partial charge on any atom is -0.492 e. The normalized spacial score (nSPS) is 19.1. The molecule has 3 atom stereocenters. The molecule has 2 aromatic carbocycles. The summed E-state index contributed by atoms with van der Waals surface area (Å²) < 4.78 is 16.5. The summed E-state index contributed by atoms with van der Waals surface area (Å²) in [5, 5.41) is 20.3. The summed E-state index contributed by atoms with van der Waals surface area (Å²) in [6, 6.07) is 21.8. The van der Waals surface area contributed by atoms with Gasteiger partial charge in [-0.1, -0.05) is 51.1 Å². The van der Waals surface area contributed by atoms with Gasteiger partial charge in [-0.2, -0.15) is 5.10 Å². The molecule has 52 heavy (non-hydrogen) atoms. The Kier molecular flexibility index (Phi) is 10.1. The van der Waals surface area contributed by atoms with Crippen LogP contribution >= 0.6 is 0 Å². The van der Waals surface area contributed by atoms with E-state index in [2.05, 4.69) is 70.5 Å². The maximum Gasteiger partial charge on any atom is 0.320 e. The topological polar surface area (TPSA) is 114 Å². The van der Waals surface area contributed by atoms with Crippen LogP contribution in [-0.2, 0) is 5.41 Å². The van der Waals surface area contributed by atoms with Gasteiger partial charge >= 0.3 is 6.03 Å². The fourth-order valence-corrected chi connectivity index (χ4v) is 7.10. The van der Waals surface area contributed by atoms with Crippen molar-refractivity contribution in [2.24, 2.45) is 0 Å². The lowest BCUT2D eigenvalue weighted by Crippen LogP contribution is -2.38. The Bertz CT molecular complexity index is 2010. The molecule has 1 saturated heterocycles. The zero-order chi connectivity index (χ0) is 36.4. The molecular weight excluding hydrogens is 654 g/mol. The second kappa shape index (κ2) is 14.9. The van der Waals surface area contributed by atoms with Gasteiger partial charge in [0.25, 0.3) is 0 Å². The van der Waals surface area contributed by atoms with Gasteiger partial charge < -0.3 is 24.6 Å². The smallest absolute Gasteiger partial charge is 0.320 e. The number of amides is 2. The van der Waals surface area contributed by atoms with Crippen LogP contribution in [-0.4, -0.2) is 75.1 Å². The van der Waals surface area contributed by atoms with E-state index in [1.54, 1.807) is 4.68 Å². The van der Waals surface area contributed by atoms with Crippen molar-refractivity contribution >= 4 is 23.4 Å². The highest BCUT2D eigenvalue weighted by Gasteiger charge is 2.31. The number of urea groups is 1. The average Bonchev–Trinajstić information content (AvgIpc) is 3.74. The van der Waals surface area contributed by atoms with Crippen LogP contribution < -0.4 is 25.0 Å². The second-order valence-electron chi connectivity index (χ2n) is 15.3. The van der Waals surface area contributed by atoms with Gasteiger partial charge in [0.1, 0.15) is 30.0 Å². The quantitative estimate of drug-likeness (QED) is 0.156. The minimum atomic E-state index is -0.295. The molecule has 1 aliphatic heterocycles. The number of hydrogen-bond donors (Lipinski definition) is 2. The number of pyridine rings is 1. The lowest BCUT2D eigenvalue weighted by Gasteiger charge is -2.33. The standard InChI is InChI=1S/C40H51N9O3/c1-27-12-9-10-21-47(27)39-44-43-36-20-17-30(26-48(36)39)52-34-19-18-33(31-15-7-8-16-32(31)34)41-38(50)42-37-25-35(40(2,3)4)45-49(37)28-13-11-14-29(24-28)51-23-22-46(5)6/h7-8,11,13-17,20,24-27,33-34H,9-10,12,18-19,21-23H2,1-6H3,(H2,41,42,50)/t27-,33-,34?/m0/s1. The molecule has 0 radical (unpaired) electrons. The fourth-order valence-electron chi connectivity index (χ4n) is 7.10. The van der Waals surface area contributed by atoms with Crippen LogP contribution in [0.15, 0.2) is 72.9 Å². The molecule has 2 aliphatic rings. The number of carbonyl (C=O) groups is 1. The van der Waals surface area contributed by atoms with Crippen LogP contribution in [0.1, 0.15) is 88.8 Å². The number of fused-ring (bicyclic) bond motifs is 2. The van der Waals surface area contributed by atoms with Crippen LogP contribution in [0, 0.1) is 0 Å². The summed E-state index contributed by atoms with van der Waals surface area (Å²) in [5.41, 5.74) is 4.37. The maximum atomic E-state index is 13.7. The molecule has 1 aliphatic carbocycles. The zero-order valence-corrected chi connectivity index (χ0v) is 31.2. The molecule has 1 unspecified atom stereocenters. The first-order valence-electron chi connectivity index (χ1n) is 18.5. The minimum absolute atomic E-state index is 0.161. The van der Waals surface area contributed by atoms with Gasteiger partial charge in [-0.15, -0.1) is 10.2 Å². The van der Waals surface area contributed by atoms with E-state index in [4.69, 9.17) is 14.6 Å². The number of anilines is 2. The molecule has 0 spiro atoms. The largest absolute Gasteiger partial charge is 0.492 e. The van der Waals surface area contributed by atoms with Gasteiger partial charge in [-0.25, -0.2) is 9.48 Å². The zero-order valence-electron chi connectivity index (χ0n) is 31.2. The third-order valence-electron chi connectivity index (χ3n) is 10.0. The molecule has 2 amide bonds. The molecule has 3 aromatic heterocycles. The average molecular weight is 706 g/mol. The number of likely N-dealkylation sites (N-methyl/N-ethyl adjacent to an activating group) is 1. The molecule has 1 fully saturated rings. The third-order valence-corrected chi connectivity index (χ3v) is 10.0. The van der Waals surface area contributed by atoms with Crippen molar-refractivity contribution in [3.05, 3.63) is 89.7 Å². The van der Waals surface area contributed by atoms with Crippen molar-refractivity contribution in [3.8, 4) is 17.2 Å². The Hall–Kier alpha value is -5.10. The number of piperidine rings is 1. The van der Waals surface area contributed by atoms with E-state index in [1.165, 1.54) is 6.42 Å². The molecule has 5 aromatic rings. The Morgan fingerprint density at radius 2 is 1.77 bits per heavy atom. The fraction of sp³-hybridized carbons (Fsp3) is 0.450.